The van der Waals surface area contributed by atoms with Crippen molar-refractivity contribution in [2.24, 2.45) is 0 Å². The average Bonchev–Trinajstić information content (AvgIpc) is 3.13. The first-order chi connectivity index (χ1) is 11.8. The Morgan fingerprint density at radius 2 is 1.71 bits per heavy atom. The molecule has 0 radical (unpaired) electrons. The Balaban J connectivity index is 1.63. The standard InChI is InChI=1S/C18H12FN5/c19-15-5-1-3-12(7-15)17-21-9-14(10-22-17)16-11-23-18(24-16)13-4-2-6-20-8-13/h1-11H,(H,23,24). The molecule has 0 aliphatic heterocycles. The molecule has 0 saturated heterocycles. The molecule has 0 spiro atoms. The SMILES string of the molecule is Fc1cccc(-c2ncc(-c3c[nH]c(-c4cccnc4)n3)cn2)c1. The summed E-state index contributed by atoms with van der Waals surface area (Å²) < 4.78 is 13.3. The van der Waals surface area contributed by atoms with Crippen LogP contribution in [0.2, 0.25) is 0 Å². The van der Waals surface area contributed by atoms with Gasteiger partial charge in [-0.3, -0.25) is 4.98 Å². The minimum atomic E-state index is -0.311. The number of aromatic nitrogens is 5. The van der Waals surface area contributed by atoms with Crippen molar-refractivity contribution in [3.63, 3.8) is 0 Å². The van der Waals surface area contributed by atoms with Gasteiger partial charge >= 0.3 is 0 Å². The minimum absolute atomic E-state index is 0.311. The molecule has 24 heavy (non-hydrogen) atoms. The lowest BCUT2D eigenvalue weighted by atomic mass is 10.2. The molecule has 4 rings (SSSR count). The van der Waals surface area contributed by atoms with Crippen molar-refractivity contribution in [1.29, 1.82) is 0 Å². The van der Waals surface area contributed by atoms with E-state index in [1.54, 1.807) is 43.1 Å². The van der Waals surface area contributed by atoms with Crippen molar-refractivity contribution >= 4 is 0 Å². The van der Waals surface area contributed by atoms with Gasteiger partial charge in [0.05, 0.1) is 5.69 Å². The number of halogens is 1. The number of pyridine rings is 1. The van der Waals surface area contributed by atoms with Crippen molar-refractivity contribution < 1.29 is 4.39 Å². The number of hydrogen-bond donors (Lipinski definition) is 1. The summed E-state index contributed by atoms with van der Waals surface area (Å²) in [5.74, 6) is 0.891. The van der Waals surface area contributed by atoms with E-state index in [1.165, 1.54) is 12.1 Å². The van der Waals surface area contributed by atoms with Crippen LogP contribution in [0.3, 0.4) is 0 Å². The molecule has 5 nitrogen and oxygen atoms in total. The fraction of sp³-hybridized carbons (Fsp3) is 0. The largest absolute Gasteiger partial charge is 0.344 e. The second-order valence-corrected chi connectivity index (χ2v) is 5.18. The van der Waals surface area contributed by atoms with E-state index < -0.39 is 0 Å². The van der Waals surface area contributed by atoms with Gasteiger partial charge in [-0.15, -0.1) is 0 Å². The molecule has 116 valence electrons. The first kappa shape index (κ1) is 14.2. The molecule has 1 aromatic carbocycles. The predicted molar refractivity (Wildman–Crippen MR) is 88.2 cm³/mol. The van der Waals surface area contributed by atoms with Gasteiger partial charge in [0.2, 0.25) is 0 Å². The first-order valence-electron chi connectivity index (χ1n) is 7.34. The third-order valence-electron chi connectivity index (χ3n) is 3.54. The summed E-state index contributed by atoms with van der Waals surface area (Å²) in [4.78, 5) is 20.3. The minimum Gasteiger partial charge on any atom is -0.344 e. The summed E-state index contributed by atoms with van der Waals surface area (Å²) in [5.41, 5.74) is 3.06. The van der Waals surface area contributed by atoms with E-state index in [-0.39, 0.29) is 5.82 Å². The molecule has 0 atom stereocenters. The molecule has 0 amide bonds. The van der Waals surface area contributed by atoms with Crippen LogP contribution in [0.25, 0.3) is 34.0 Å². The first-order valence-corrected chi connectivity index (χ1v) is 7.34. The van der Waals surface area contributed by atoms with Crippen LogP contribution in [0.4, 0.5) is 4.39 Å². The van der Waals surface area contributed by atoms with Crippen LogP contribution in [0.15, 0.2) is 67.4 Å². The lowest BCUT2D eigenvalue weighted by molar-refractivity contribution is 0.628. The fourth-order valence-corrected chi connectivity index (χ4v) is 2.36. The summed E-state index contributed by atoms with van der Waals surface area (Å²) in [5, 5.41) is 0. The molecule has 0 fully saturated rings. The lowest BCUT2D eigenvalue weighted by Gasteiger charge is -2.01. The van der Waals surface area contributed by atoms with E-state index in [9.17, 15) is 4.39 Å². The number of nitrogens with one attached hydrogen (secondary N) is 1. The zero-order chi connectivity index (χ0) is 16.4. The van der Waals surface area contributed by atoms with E-state index in [1.807, 2.05) is 12.1 Å². The number of rotatable bonds is 3. The second-order valence-electron chi connectivity index (χ2n) is 5.18. The summed E-state index contributed by atoms with van der Waals surface area (Å²) in [6, 6.07) is 9.99. The number of benzene rings is 1. The van der Waals surface area contributed by atoms with Gasteiger partial charge in [-0.2, -0.15) is 0 Å². The summed E-state index contributed by atoms with van der Waals surface area (Å²) >= 11 is 0. The van der Waals surface area contributed by atoms with Crippen LogP contribution >= 0.6 is 0 Å². The Kier molecular flexibility index (Phi) is 3.55. The quantitative estimate of drug-likeness (QED) is 0.625. The van der Waals surface area contributed by atoms with Gasteiger partial charge < -0.3 is 4.98 Å². The number of nitrogens with zero attached hydrogens (tertiary/aromatic N) is 4. The topological polar surface area (TPSA) is 67.3 Å². The Hall–Kier alpha value is -3.41. The normalized spacial score (nSPS) is 10.7. The van der Waals surface area contributed by atoms with Crippen LogP contribution in [0.5, 0.6) is 0 Å². The lowest BCUT2D eigenvalue weighted by Crippen LogP contribution is -1.90. The maximum Gasteiger partial charge on any atom is 0.159 e. The number of hydrogen-bond acceptors (Lipinski definition) is 4. The van der Waals surface area contributed by atoms with E-state index in [4.69, 9.17) is 0 Å². The molecule has 0 aliphatic carbocycles. The molecule has 0 aliphatic rings. The molecule has 4 aromatic rings. The molecule has 1 N–H and O–H groups in total. The molecule has 0 unspecified atom stereocenters. The highest BCUT2D eigenvalue weighted by Gasteiger charge is 2.08. The van der Waals surface area contributed by atoms with Gasteiger partial charge in [-0.05, 0) is 24.3 Å². The Labute approximate surface area is 137 Å². The molecular formula is C18H12FN5. The van der Waals surface area contributed by atoms with Crippen molar-refractivity contribution in [2.45, 2.75) is 0 Å². The predicted octanol–water partition coefficient (Wildman–Crippen LogP) is 3.73. The van der Waals surface area contributed by atoms with Crippen LogP contribution in [0, 0.1) is 5.82 Å². The smallest absolute Gasteiger partial charge is 0.159 e. The van der Waals surface area contributed by atoms with Gasteiger partial charge in [0, 0.05) is 47.7 Å². The Morgan fingerprint density at radius 3 is 2.46 bits per heavy atom. The molecule has 0 saturated carbocycles. The second kappa shape index (κ2) is 6.00. The molecule has 3 aromatic heterocycles. The Bertz CT molecular complexity index is 964. The van der Waals surface area contributed by atoms with Crippen molar-refractivity contribution in [2.75, 3.05) is 0 Å². The highest BCUT2D eigenvalue weighted by molar-refractivity contribution is 5.64. The molecular weight excluding hydrogens is 305 g/mol. The molecule has 0 bridgehead atoms. The van der Waals surface area contributed by atoms with Gasteiger partial charge in [-0.25, -0.2) is 19.3 Å². The van der Waals surface area contributed by atoms with Gasteiger partial charge in [0.25, 0.3) is 0 Å². The van der Waals surface area contributed by atoms with Crippen molar-refractivity contribution in [1.82, 2.24) is 24.9 Å². The maximum absolute atomic E-state index is 13.3. The van der Waals surface area contributed by atoms with Crippen molar-refractivity contribution in [3.8, 4) is 34.0 Å². The summed E-state index contributed by atoms with van der Waals surface area (Å²) in [7, 11) is 0. The number of imidazole rings is 1. The van der Waals surface area contributed by atoms with Crippen molar-refractivity contribution in [3.05, 3.63) is 73.2 Å². The number of H-pyrrole nitrogens is 1. The Morgan fingerprint density at radius 1 is 0.875 bits per heavy atom. The molecule has 6 heteroatoms. The zero-order valence-electron chi connectivity index (χ0n) is 12.5. The van der Waals surface area contributed by atoms with E-state index in [0.29, 0.717) is 11.4 Å². The van der Waals surface area contributed by atoms with Gasteiger partial charge in [0.15, 0.2) is 5.82 Å². The van der Waals surface area contributed by atoms with Gasteiger partial charge in [0.1, 0.15) is 11.6 Å². The monoisotopic (exact) mass is 317 g/mol. The summed E-state index contributed by atoms with van der Waals surface area (Å²) in [6.45, 7) is 0. The van der Waals surface area contributed by atoms with Gasteiger partial charge in [-0.1, -0.05) is 12.1 Å². The van der Waals surface area contributed by atoms with Crippen LogP contribution in [-0.4, -0.2) is 24.9 Å². The maximum atomic E-state index is 13.3. The average molecular weight is 317 g/mol. The van der Waals surface area contributed by atoms with Crippen LogP contribution in [-0.2, 0) is 0 Å². The fourth-order valence-electron chi connectivity index (χ4n) is 2.36. The van der Waals surface area contributed by atoms with Crippen LogP contribution in [0.1, 0.15) is 0 Å². The van der Waals surface area contributed by atoms with Crippen LogP contribution < -0.4 is 0 Å². The summed E-state index contributed by atoms with van der Waals surface area (Å²) in [6.07, 6.45) is 8.61. The third kappa shape index (κ3) is 2.77. The highest BCUT2D eigenvalue weighted by atomic mass is 19.1. The van der Waals surface area contributed by atoms with E-state index in [0.717, 1.165) is 22.6 Å². The third-order valence-corrected chi connectivity index (χ3v) is 3.54. The van der Waals surface area contributed by atoms with E-state index >= 15 is 0 Å². The van der Waals surface area contributed by atoms with E-state index in [2.05, 4.69) is 24.9 Å². The number of aromatic amines is 1. The zero-order valence-corrected chi connectivity index (χ0v) is 12.5. The molecule has 3 heterocycles. The highest BCUT2D eigenvalue weighted by Crippen LogP contribution is 2.22.